The van der Waals surface area contributed by atoms with Crippen molar-refractivity contribution in [1.82, 2.24) is 9.59 Å². The minimum Gasteiger partial charge on any atom is -0.345 e. The summed E-state index contributed by atoms with van der Waals surface area (Å²) in [6, 6.07) is 3.03. The summed E-state index contributed by atoms with van der Waals surface area (Å²) >= 11 is 11.0. The molecule has 0 spiro atoms. The second-order valence-electron chi connectivity index (χ2n) is 3.93. The molecule has 118 valence electrons. The molecule has 0 bridgehead atoms. The first-order chi connectivity index (χ1) is 10.2. The number of alkyl halides is 5. The number of benzene rings is 1. The lowest BCUT2D eigenvalue weighted by Gasteiger charge is -2.12. The summed E-state index contributed by atoms with van der Waals surface area (Å²) in [6.07, 6.45) is -7.53. The Morgan fingerprint density at radius 3 is 2.59 bits per heavy atom. The van der Waals surface area contributed by atoms with E-state index in [1.54, 1.807) is 0 Å². The number of nitrogens with zero attached hydrogens (tertiary/aromatic N) is 2. The van der Waals surface area contributed by atoms with Gasteiger partial charge in [0.15, 0.2) is 5.69 Å². The fourth-order valence-electron chi connectivity index (χ4n) is 1.51. The summed E-state index contributed by atoms with van der Waals surface area (Å²) in [4.78, 5) is -0.297. The highest BCUT2D eigenvalue weighted by Crippen LogP contribution is 2.36. The first-order valence-electron chi connectivity index (χ1n) is 5.48. The van der Waals surface area contributed by atoms with E-state index in [0.717, 1.165) is 12.1 Å². The van der Waals surface area contributed by atoms with E-state index in [9.17, 15) is 22.0 Å². The summed E-state index contributed by atoms with van der Waals surface area (Å²) in [5.74, 6) is 0. The van der Waals surface area contributed by atoms with Gasteiger partial charge in [0, 0.05) is 5.69 Å². The zero-order valence-corrected chi connectivity index (χ0v) is 12.7. The molecule has 0 amide bonds. The summed E-state index contributed by atoms with van der Waals surface area (Å²) in [6.45, 7) is 0. The Hall–Kier alpha value is -1.39. The Morgan fingerprint density at radius 1 is 1.32 bits per heavy atom. The molecule has 2 rings (SSSR count). The molecule has 0 unspecified atom stereocenters. The van der Waals surface area contributed by atoms with Crippen LogP contribution in [0, 0.1) is 0 Å². The van der Waals surface area contributed by atoms with E-state index in [-0.39, 0.29) is 15.6 Å². The molecule has 11 heteroatoms. The summed E-state index contributed by atoms with van der Waals surface area (Å²) in [5, 5.41) is 5.21. The summed E-state index contributed by atoms with van der Waals surface area (Å²) in [5.41, 5.74) is -1.71. The lowest BCUT2D eigenvalue weighted by molar-refractivity contribution is -0.137. The predicted octanol–water partition coefficient (Wildman–Crippen LogP) is 4.94. The van der Waals surface area contributed by atoms with Crippen LogP contribution in [-0.2, 0) is 6.18 Å². The SMILES string of the molecule is FC(F)c1nnsc1C(=S)Nc1ccc(Cl)c(C(F)(F)F)c1. The van der Waals surface area contributed by atoms with Crippen molar-refractivity contribution in [2.75, 3.05) is 5.32 Å². The highest BCUT2D eigenvalue weighted by atomic mass is 35.5. The third-order valence-corrected chi connectivity index (χ3v) is 3.98. The maximum absolute atomic E-state index is 12.7. The predicted molar refractivity (Wildman–Crippen MR) is 76.6 cm³/mol. The Labute approximate surface area is 135 Å². The van der Waals surface area contributed by atoms with Gasteiger partial charge in [0.25, 0.3) is 6.43 Å². The smallest absolute Gasteiger partial charge is 0.345 e. The Balaban J connectivity index is 2.28. The second kappa shape index (κ2) is 6.39. The molecule has 0 saturated carbocycles. The van der Waals surface area contributed by atoms with Crippen LogP contribution in [0.15, 0.2) is 18.2 Å². The van der Waals surface area contributed by atoms with Crippen molar-refractivity contribution in [3.63, 3.8) is 0 Å². The monoisotopic (exact) mass is 373 g/mol. The van der Waals surface area contributed by atoms with Crippen LogP contribution < -0.4 is 5.32 Å². The molecule has 0 aliphatic rings. The van der Waals surface area contributed by atoms with E-state index >= 15 is 0 Å². The topological polar surface area (TPSA) is 37.8 Å². The number of anilines is 1. The van der Waals surface area contributed by atoms with E-state index in [1.807, 2.05) is 0 Å². The molecule has 0 radical (unpaired) electrons. The van der Waals surface area contributed by atoms with Gasteiger partial charge in [0.05, 0.1) is 10.6 Å². The number of hydrogen-bond donors (Lipinski definition) is 1. The molecule has 1 heterocycles. The normalized spacial score (nSPS) is 11.8. The van der Waals surface area contributed by atoms with Gasteiger partial charge in [-0.15, -0.1) is 5.10 Å². The van der Waals surface area contributed by atoms with Crippen molar-refractivity contribution in [1.29, 1.82) is 0 Å². The molecular formula is C11H5ClF5N3S2. The molecule has 0 aliphatic carbocycles. The third kappa shape index (κ3) is 3.68. The Kier molecular flexibility index (Phi) is 4.93. The molecule has 2 aromatic rings. The van der Waals surface area contributed by atoms with Crippen molar-refractivity contribution >= 4 is 46.0 Å². The lowest BCUT2D eigenvalue weighted by Crippen LogP contribution is -2.13. The van der Waals surface area contributed by atoms with Gasteiger partial charge in [0.1, 0.15) is 9.87 Å². The van der Waals surface area contributed by atoms with E-state index < -0.39 is 28.9 Å². The summed E-state index contributed by atoms with van der Waals surface area (Å²) in [7, 11) is 0. The highest BCUT2D eigenvalue weighted by Gasteiger charge is 2.33. The van der Waals surface area contributed by atoms with Gasteiger partial charge in [-0.2, -0.15) is 13.2 Å². The van der Waals surface area contributed by atoms with Gasteiger partial charge >= 0.3 is 6.18 Å². The first-order valence-corrected chi connectivity index (χ1v) is 7.04. The van der Waals surface area contributed by atoms with E-state index in [1.165, 1.54) is 6.07 Å². The maximum Gasteiger partial charge on any atom is 0.417 e. The minimum absolute atomic E-state index is 0.0321. The van der Waals surface area contributed by atoms with Gasteiger partial charge in [-0.25, -0.2) is 8.78 Å². The van der Waals surface area contributed by atoms with Crippen LogP contribution in [0.5, 0.6) is 0 Å². The standard InChI is InChI=1S/C11H5ClF5N3S2/c12-6-2-1-4(3-5(6)11(15,16)17)18-10(21)8-7(9(13)14)19-20-22-8/h1-3,9H,(H,18,21). The highest BCUT2D eigenvalue weighted by molar-refractivity contribution is 7.81. The van der Waals surface area contributed by atoms with Crippen LogP contribution in [0.4, 0.5) is 27.6 Å². The molecule has 0 atom stereocenters. The Morgan fingerprint density at radius 2 is 2.00 bits per heavy atom. The van der Waals surface area contributed by atoms with Crippen molar-refractivity contribution in [2.24, 2.45) is 0 Å². The molecular weight excluding hydrogens is 369 g/mol. The molecule has 1 aromatic carbocycles. The lowest BCUT2D eigenvalue weighted by atomic mass is 10.2. The molecule has 3 nitrogen and oxygen atoms in total. The first kappa shape index (κ1) is 17.0. The zero-order chi connectivity index (χ0) is 16.5. The molecule has 1 aromatic heterocycles. The number of rotatable bonds is 3. The molecule has 0 fully saturated rings. The second-order valence-corrected chi connectivity index (χ2v) is 5.50. The minimum atomic E-state index is -4.64. The van der Waals surface area contributed by atoms with Crippen molar-refractivity contribution in [3.05, 3.63) is 39.4 Å². The average Bonchev–Trinajstić information content (AvgIpc) is 2.89. The molecule has 0 aliphatic heterocycles. The van der Waals surface area contributed by atoms with Crippen LogP contribution >= 0.6 is 35.4 Å². The maximum atomic E-state index is 12.7. The fraction of sp³-hybridized carbons (Fsp3) is 0.182. The quantitative estimate of drug-likeness (QED) is 0.611. The molecule has 0 saturated heterocycles. The van der Waals surface area contributed by atoms with E-state index in [0.29, 0.717) is 11.5 Å². The van der Waals surface area contributed by atoms with Crippen LogP contribution in [0.3, 0.4) is 0 Å². The fourth-order valence-corrected chi connectivity index (χ4v) is 2.63. The number of hydrogen-bond acceptors (Lipinski definition) is 4. The average molecular weight is 374 g/mol. The number of aromatic nitrogens is 2. The van der Waals surface area contributed by atoms with Crippen molar-refractivity contribution in [2.45, 2.75) is 12.6 Å². The van der Waals surface area contributed by atoms with Crippen LogP contribution in [-0.4, -0.2) is 14.6 Å². The largest absolute Gasteiger partial charge is 0.417 e. The van der Waals surface area contributed by atoms with Gasteiger partial charge in [0.2, 0.25) is 0 Å². The van der Waals surface area contributed by atoms with E-state index in [4.69, 9.17) is 23.8 Å². The van der Waals surface area contributed by atoms with Gasteiger partial charge < -0.3 is 5.32 Å². The number of nitrogens with one attached hydrogen (secondary N) is 1. The number of halogens is 6. The summed E-state index contributed by atoms with van der Waals surface area (Å²) < 4.78 is 67.0. The molecule has 22 heavy (non-hydrogen) atoms. The van der Waals surface area contributed by atoms with Crippen LogP contribution in [0.2, 0.25) is 5.02 Å². The van der Waals surface area contributed by atoms with Gasteiger partial charge in [-0.3, -0.25) is 0 Å². The molecule has 1 N–H and O–H groups in total. The van der Waals surface area contributed by atoms with Gasteiger partial charge in [-0.1, -0.05) is 28.3 Å². The van der Waals surface area contributed by atoms with Crippen LogP contribution in [0.25, 0.3) is 0 Å². The van der Waals surface area contributed by atoms with Crippen LogP contribution in [0.1, 0.15) is 22.6 Å². The number of thiocarbonyl (C=S) groups is 1. The Bertz CT molecular complexity index is 701. The zero-order valence-electron chi connectivity index (χ0n) is 10.3. The third-order valence-electron chi connectivity index (χ3n) is 2.46. The van der Waals surface area contributed by atoms with E-state index in [2.05, 4.69) is 14.9 Å². The van der Waals surface area contributed by atoms with Crippen molar-refractivity contribution < 1.29 is 22.0 Å². The van der Waals surface area contributed by atoms with Gasteiger partial charge in [-0.05, 0) is 29.7 Å². The van der Waals surface area contributed by atoms with Crippen molar-refractivity contribution in [3.8, 4) is 0 Å².